The Balaban J connectivity index is 2.02. The lowest BCUT2D eigenvalue weighted by molar-refractivity contribution is -0.397. The van der Waals surface area contributed by atoms with E-state index in [1.165, 1.54) is 0 Å². The van der Waals surface area contributed by atoms with Gasteiger partial charge in [0.05, 0.1) is 39.4 Å². The molecule has 276 valence electrons. The molecule has 0 atom stereocenters. The average Bonchev–Trinajstić information content (AvgIpc) is 3.03. The minimum absolute atomic E-state index is 0.179. The predicted octanol–water partition coefficient (Wildman–Crippen LogP) is 7.96. The Morgan fingerprint density at radius 3 is 0.667 bits per heavy atom. The first-order valence-electron chi connectivity index (χ1n) is 13.2. The summed E-state index contributed by atoms with van der Waals surface area (Å²) in [5.41, 5.74) is -10.6. The van der Waals surface area contributed by atoms with E-state index in [9.17, 15) is 80.9 Å². The van der Waals surface area contributed by atoms with Crippen molar-refractivity contribution < 1.29 is 58.3 Å². The largest absolute Gasteiger partial charge is 0.443 e. The molecule has 5 rings (SSSR count). The number of nitrogens with zero attached hydrogens (tertiary/aromatic N) is 8. The molecule has 1 heterocycles. The van der Waals surface area contributed by atoms with E-state index in [2.05, 4.69) is 31.9 Å². The van der Waals surface area contributed by atoms with E-state index in [0.717, 1.165) is 0 Å². The van der Waals surface area contributed by atoms with Gasteiger partial charge in [0.25, 0.3) is 0 Å². The normalized spacial score (nSPS) is 11.4. The van der Waals surface area contributed by atoms with Crippen LogP contribution in [0.25, 0.3) is 0 Å². The van der Waals surface area contributed by atoms with Crippen LogP contribution in [0.15, 0.2) is 45.3 Å². The van der Waals surface area contributed by atoms with Crippen molar-refractivity contribution in [2.24, 2.45) is 0 Å². The van der Waals surface area contributed by atoms with Crippen LogP contribution in [0, 0.1) is 80.9 Å². The molecule has 0 N–H and O–H groups in total. The molecule has 8 bridgehead atoms. The summed E-state index contributed by atoms with van der Waals surface area (Å²) in [5.74, 6) is -9.33. The molecule has 0 aromatic heterocycles. The number of halogens is 2. The van der Waals surface area contributed by atoms with Crippen LogP contribution in [0.4, 0.5) is 45.5 Å². The van der Waals surface area contributed by atoms with E-state index < -0.39 is 140 Å². The highest BCUT2D eigenvalue weighted by Crippen LogP contribution is 2.55. The quantitative estimate of drug-likeness (QED) is 0.105. The van der Waals surface area contributed by atoms with Crippen molar-refractivity contribution in [3.8, 4) is 46.0 Å². The third-order valence-corrected chi connectivity index (χ3v) is 8.27. The molecule has 0 spiro atoms. The Morgan fingerprint density at radius 1 is 0.315 bits per heavy atom. The molecule has 54 heavy (non-hydrogen) atoms. The number of nitro groups is 8. The Bertz CT molecular complexity index is 2160. The van der Waals surface area contributed by atoms with Crippen molar-refractivity contribution >= 4 is 77.4 Å². The van der Waals surface area contributed by atoms with Gasteiger partial charge in [-0.25, -0.2) is 0 Å². The van der Waals surface area contributed by atoms with Gasteiger partial charge in [-0.1, -0.05) is 0 Å². The predicted molar refractivity (Wildman–Crippen MR) is 175 cm³/mol. The maximum Gasteiger partial charge on any atom is 0.332 e. The van der Waals surface area contributed by atoms with Crippen LogP contribution in [0.3, 0.4) is 0 Å². The minimum atomic E-state index is -1.34. The van der Waals surface area contributed by atoms with Gasteiger partial charge in [-0.2, -0.15) is 0 Å². The number of hydrogen-bond acceptors (Lipinski definition) is 20. The molecular weight excluding hydrogens is 880 g/mol. The molecule has 0 unspecified atom stereocenters. The molecule has 1 aliphatic heterocycles. The molecular formula is C24H6Br2N8O20. The number of rotatable bonds is 8. The second-order valence-electron chi connectivity index (χ2n) is 9.81. The van der Waals surface area contributed by atoms with Crippen LogP contribution >= 0.6 is 31.9 Å². The fourth-order valence-corrected chi connectivity index (χ4v) is 5.97. The van der Waals surface area contributed by atoms with Gasteiger partial charge in [-0.15, -0.1) is 0 Å². The fraction of sp³-hybridized carbons (Fsp3) is 0. The molecule has 0 amide bonds. The van der Waals surface area contributed by atoms with E-state index in [-0.39, 0.29) is 12.1 Å². The van der Waals surface area contributed by atoms with Crippen molar-refractivity contribution in [1.29, 1.82) is 0 Å². The summed E-state index contributed by atoms with van der Waals surface area (Å²) in [4.78, 5) is 86.4. The number of fused-ring (bicyclic) bond motifs is 8. The van der Waals surface area contributed by atoms with Gasteiger partial charge in [0.1, 0.15) is 12.1 Å². The number of nitro benzene ring substituents is 8. The third-order valence-electron chi connectivity index (χ3n) is 6.77. The minimum Gasteiger partial charge on any atom is -0.443 e. The first-order chi connectivity index (χ1) is 25.2. The third kappa shape index (κ3) is 6.57. The molecule has 0 fully saturated rings. The van der Waals surface area contributed by atoms with Gasteiger partial charge >= 0.3 is 45.5 Å². The SMILES string of the molecule is O=[N+]([O-])c1cc([N+](=O)[O-])c2cc1Oc1cc(c([N+](=O)[O-])c(Br)c1[N+](=O)[O-])Oc1cc(c([N+](=O)[O-])cc1[N+](=O)[O-])Oc1cc(c([N+](=O)[O-])c(Br)c1[N+](=O)[O-])O2. The topological polar surface area (TPSA) is 382 Å². The van der Waals surface area contributed by atoms with Crippen LogP contribution in [0.1, 0.15) is 0 Å². The fourth-order valence-electron chi connectivity index (χ4n) is 4.61. The lowest BCUT2D eigenvalue weighted by Gasteiger charge is -2.15. The summed E-state index contributed by atoms with van der Waals surface area (Å²) in [6, 6.07) is 1.69. The summed E-state index contributed by atoms with van der Waals surface area (Å²) < 4.78 is 19.4. The molecule has 0 radical (unpaired) electrons. The van der Waals surface area contributed by atoms with Gasteiger partial charge in [0.15, 0.2) is 8.95 Å². The lowest BCUT2D eigenvalue weighted by Crippen LogP contribution is -2.05. The van der Waals surface area contributed by atoms with Crippen LogP contribution in [-0.4, -0.2) is 39.4 Å². The van der Waals surface area contributed by atoms with Crippen LogP contribution < -0.4 is 18.9 Å². The van der Waals surface area contributed by atoms with E-state index in [1.54, 1.807) is 0 Å². The monoisotopic (exact) mass is 884 g/mol. The highest BCUT2D eigenvalue weighted by Gasteiger charge is 2.40. The highest BCUT2D eigenvalue weighted by molar-refractivity contribution is 9.11. The van der Waals surface area contributed by atoms with E-state index in [0.29, 0.717) is 24.3 Å². The zero-order chi connectivity index (χ0) is 40.1. The van der Waals surface area contributed by atoms with Crippen molar-refractivity contribution in [2.45, 2.75) is 0 Å². The second-order valence-corrected chi connectivity index (χ2v) is 11.4. The number of hydrogen-bond donors (Lipinski definition) is 0. The van der Waals surface area contributed by atoms with Gasteiger partial charge in [-0.3, -0.25) is 80.9 Å². The lowest BCUT2D eigenvalue weighted by atomic mass is 10.2. The standard InChI is InChI=1S/C24H6Br2N8O20/c25-19-21(31(43)44)15-5-17(23(19)33(47)48)53-13-4-14(10(30(41)42)2-9(13)29(39)40)54-18-6-16(22(32(45)46)20(26)24(18)34(49)50)52-12-3-11(51-15)7(27(35)36)1-8(12)28(37)38/h1-6H. The number of ether oxygens (including phenoxy) is 4. The summed E-state index contributed by atoms with van der Waals surface area (Å²) >= 11 is 5.26. The van der Waals surface area contributed by atoms with E-state index in [1.807, 2.05) is 0 Å². The zero-order valence-electron chi connectivity index (χ0n) is 25.0. The second kappa shape index (κ2) is 13.8. The Morgan fingerprint density at radius 2 is 0.500 bits per heavy atom. The van der Waals surface area contributed by atoms with E-state index in [4.69, 9.17) is 18.9 Å². The maximum absolute atomic E-state index is 12.2. The van der Waals surface area contributed by atoms with Crippen molar-refractivity contribution in [2.75, 3.05) is 0 Å². The smallest absolute Gasteiger partial charge is 0.332 e. The summed E-state index contributed by atoms with van der Waals surface area (Å²) in [7, 11) is 0. The summed E-state index contributed by atoms with van der Waals surface area (Å²) in [6.45, 7) is 0. The molecule has 0 aliphatic carbocycles. The van der Waals surface area contributed by atoms with Gasteiger partial charge < -0.3 is 18.9 Å². The molecule has 1 aliphatic rings. The van der Waals surface area contributed by atoms with Crippen LogP contribution in [0.2, 0.25) is 0 Å². The van der Waals surface area contributed by atoms with E-state index >= 15 is 0 Å². The summed E-state index contributed by atoms with van der Waals surface area (Å²) in [5, 5.41) is 96.7. The first-order valence-corrected chi connectivity index (χ1v) is 14.8. The number of benzene rings is 4. The van der Waals surface area contributed by atoms with Crippen molar-refractivity contribution in [3.05, 3.63) is 126 Å². The molecule has 0 saturated carbocycles. The molecule has 28 nitrogen and oxygen atoms in total. The zero-order valence-corrected chi connectivity index (χ0v) is 28.1. The molecule has 4 aromatic rings. The molecule has 4 aromatic carbocycles. The Labute approximate surface area is 307 Å². The van der Waals surface area contributed by atoms with Gasteiger partial charge in [0.2, 0.25) is 46.0 Å². The summed E-state index contributed by atoms with van der Waals surface area (Å²) in [6.07, 6.45) is 0. The Hall–Kier alpha value is -7.76. The van der Waals surface area contributed by atoms with Crippen molar-refractivity contribution in [3.63, 3.8) is 0 Å². The highest BCUT2D eigenvalue weighted by atomic mass is 79.9. The first kappa shape index (κ1) is 37.5. The molecule has 0 saturated heterocycles. The molecule has 30 heteroatoms. The van der Waals surface area contributed by atoms with Gasteiger partial charge in [0, 0.05) is 24.3 Å². The van der Waals surface area contributed by atoms with Crippen LogP contribution in [-0.2, 0) is 0 Å². The van der Waals surface area contributed by atoms with Crippen molar-refractivity contribution in [1.82, 2.24) is 0 Å². The van der Waals surface area contributed by atoms with Crippen LogP contribution in [0.5, 0.6) is 46.0 Å². The average molecular weight is 886 g/mol. The van der Waals surface area contributed by atoms with Gasteiger partial charge in [-0.05, 0) is 31.9 Å². The Kier molecular flexibility index (Phi) is 9.55. The maximum atomic E-state index is 12.2.